The number of carbonyl (C=O) groups is 3. The van der Waals surface area contributed by atoms with Crippen LogP contribution in [0.4, 0.5) is 4.79 Å². The number of aryl methyl sites for hydroxylation is 2. The second-order valence-electron chi connectivity index (χ2n) is 7.70. The van der Waals surface area contributed by atoms with Crippen molar-refractivity contribution in [3.05, 3.63) is 35.4 Å². The van der Waals surface area contributed by atoms with Crippen molar-refractivity contribution in [2.75, 3.05) is 6.54 Å². The first-order valence-electron chi connectivity index (χ1n) is 10.4. The largest absolute Gasteiger partial charge is 0.466 e. The van der Waals surface area contributed by atoms with Crippen LogP contribution in [-0.4, -0.2) is 45.3 Å². The van der Waals surface area contributed by atoms with E-state index in [1.807, 2.05) is 33.8 Å². The Bertz CT molecular complexity index is 1180. The standard InChI is InChI=1S/C22H27N5O5/c1-7-23-22(30)26-20(28)14(6)32-21(29)16-9-18(15-8-12(4)31-13(15)5)25-19-17(16)10-24-27(19)11(2)3/h8-11,14H,7H2,1-6H3,(H2,23,26,28,30). The van der Waals surface area contributed by atoms with Gasteiger partial charge >= 0.3 is 12.0 Å². The van der Waals surface area contributed by atoms with Crippen molar-refractivity contribution in [1.29, 1.82) is 0 Å². The number of aromatic nitrogens is 3. The molecule has 2 N–H and O–H groups in total. The number of pyridine rings is 1. The van der Waals surface area contributed by atoms with Gasteiger partial charge in [0, 0.05) is 18.2 Å². The molecule has 0 spiro atoms. The van der Waals surface area contributed by atoms with Crippen molar-refractivity contribution in [3.63, 3.8) is 0 Å². The predicted octanol–water partition coefficient (Wildman–Crippen LogP) is 3.28. The molecule has 0 fully saturated rings. The third-order valence-corrected chi connectivity index (χ3v) is 4.82. The molecule has 0 saturated heterocycles. The number of esters is 1. The molecule has 1 unspecified atom stereocenters. The van der Waals surface area contributed by atoms with Crippen molar-refractivity contribution >= 4 is 28.9 Å². The van der Waals surface area contributed by atoms with E-state index < -0.39 is 24.0 Å². The Kier molecular flexibility index (Phi) is 6.61. The zero-order valence-corrected chi connectivity index (χ0v) is 19.0. The fraction of sp³-hybridized carbons (Fsp3) is 0.409. The van der Waals surface area contributed by atoms with E-state index in [9.17, 15) is 14.4 Å². The Hall–Kier alpha value is -3.69. The van der Waals surface area contributed by atoms with Gasteiger partial charge in [-0.1, -0.05) is 0 Å². The number of urea groups is 1. The number of rotatable bonds is 6. The van der Waals surface area contributed by atoms with Crippen molar-refractivity contribution in [2.45, 2.75) is 53.7 Å². The minimum absolute atomic E-state index is 0.00748. The van der Waals surface area contributed by atoms with Crippen LogP contribution in [0.1, 0.15) is 55.6 Å². The van der Waals surface area contributed by atoms with Crippen molar-refractivity contribution in [1.82, 2.24) is 25.4 Å². The molecule has 3 amide bonds. The summed E-state index contributed by atoms with van der Waals surface area (Å²) in [6.07, 6.45) is 0.366. The Morgan fingerprint density at radius 1 is 1.19 bits per heavy atom. The lowest BCUT2D eigenvalue weighted by atomic mass is 10.1. The summed E-state index contributed by atoms with van der Waals surface area (Å²) in [6, 6.07) is 2.80. The van der Waals surface area contributed by atoms with Crippen LogP contribution in [-0.2, 0) is 9.53 Å². The van der Waals surface area contributed by atoms with E-state index in [1.165, 1.54) is 6.92 Å². The second kappa shape index (κ2) is 9.21. The maximum Gasteiger partial charge on any atom is 0.339 e. The third-order valence-electron chi connectivity index (χ3n) is 4.82. The number of carbonyl (C=O) groups excluding carboxylic acids is 3. The monoisotopic (exact) mass is 441 g/mol. The molecule has 3 rings (SSSR count). The molecule has 0 radical (unpaired) electrons. The number of nitrogens with zero attached hydrogens (tertiary/aromatic N) is 3. The fourth-order valence-electron chi connectivity index (χ4n) is 3.28. The van der Waals surface area contributed by atoms with Crippen molar-refractivity contribution in [3.8, 4) is 11.3 Å². The Morgan fingerprint density at radius 2 is 1.91 bits per heavy atom. The lowest BCUT2D eigenvalue weighted by Gasteiger charge is -2.14. The van der Waals surface area contributed by atoms with Gasteiger partial charge in [-0.3, -0.25) is 10.1 Å². The molecular formula is C22H27N5O5. The van der Waals surface area contributed by atoms with Crippen LogP contribution in [0.2, 0.25) is 0 Å². The average molecular weight is 441 g/mol. The molecule has 170 valence electrons. The summed E-state index contributed by atoms with van der Waals surface area (Å²) in [5, 5.41) is 9.45. The molecule has 0 aliphatic carbocycles. The van der Waals surface area contributed by atoms with Crippen molar-refractivity contribution < 1.29 is 23.5 Å². The summed E-state index contributed by atoms with van der Waals surface area (Å²) in [5.74, 6) is -0.0668. The number of imide groups is 1. The highest BCUT2D eigenvalue weighted by Crippen LogP contribution is 2.30. The number of furan rings is 1. The molecule has 0 saturated carbocycles. The molecule has 0 aliphatic heterocycles. The van der Waals surface area contributed by atoms with E-state index in [2.05, 4.69) is 15.7 Å². The molecule has 0 bridgehead atoms. The topological polar surface area (TPSA) is 128 Å². The highest BCUT2D eigenvalue weighted by molar-refractivity contribution is 6.05. The molecular weight excluding hydrogens is 414 g/mol. The van der Waals surface area contributed by atoms with Gasteiger partial charge in [0.2, 0.25) is 0 Å². The van der Waals surface area contributed by atoms with Crippen LogP contribution in [0, 0.1) is 13.8 Å². The highest BCUT2D eigenvalue weighted by Gasteiger charge is 2.25. The number of hydrogen-bond acceptors (Lipinski definition) is 7. The molecule has 0 aliphatic rings. The van der Waals surface area contributed by atoms with Crippen molar-refractivity contribution in [2.24, 2.45) is 0 Å². The molecule has 1 atom stereocenters. The van der Waals surface area contributed by atoms with E-state index in [4.69, 9.17) is 14.1 Å². The predicted molar refractivity (Wildman–Crippen MR) is 117 cm³/mol. The van der Waals surface area contributed by atoms with Crippen LogP contribution in [0.15, 0.2) is 22.7 Å². The van der Waals surface area contributed by atoms with Gasteiger partial charge in [0.05, 0.1) is 22.8 Å². The van der Waals surface area contributed by atoms with Gasteiger partial charge in [-0.25, -0.2) is 19.3 Å². The van der Waals surface area contributed by atoms with E-state index in [-0.39, 0.29) is 11.6 Å². The highest BCUT2D eigenvalue weighted by atomic mass is 16.5. The van der Waals surface area contributed by atoms with Gasteiger partial charge in [0.1, 0.15) is 11.5 Å². The molecule has 10 heteroatoms. The zero-order valence-electron chi connectivity index (χ0n) is 19.0. The second-order valence-corrected chi connectivity index (χ2v) is 7.70. The zero-order chi connectivity index (χ0) is 23.6. The fourth-order valence-corrected chi connectivity index (χ4v) is 3.28. The van der Waals surface area contributed by atoms with E-state index in [1.54, 1.807) is 23.9 Å². The average Bonchev–Trinajstić information content (AvgIpc) is 3.29. The molecule has 0 aromatic carbocycles. The summed E-state index contributed by atoms with van der Waals surface area (Å²) in [4.78, 5) is 41.5. The van der Waals surface area contributed by atoms with E-state index in [0.29, 0.717) is 29.0 Å². The van der Waals surface area contributed by atoms with Crippen LogP contribution in [0.3, 0.4) is 0 Å². The Morgan fingerprint density at radius 3 is 2.50 bits per heavy atom. The third kappa shape index (κ3) is 4.63. The first kappa shape index (κ1) is 23.0. The Labute approximate surface area is 185 Å². The van der Waals surface area contributed by atoms with Gasteiger partial charge in [-0.2, -0.15) is 5.10 Å². The van der Waals surface area contributed by atoms with Gasteiger partial charge in [0.15, 0.2) is 11.8 Å². The maximum atomic E-state index is 13.0. The van der Waals surface area contributed by atoms with Crippen LogP contribution in [0.25, 0.3) is 22.3 Å². The van der Waals surface area contributed by atoms with Gasteiger partial charge < -0.3 is 14.5 Å². The molecule has 3 aromatic heterocycles. The Balaban J connectivity index is 1.99. The lowest BCUT2D eigenvalue weighted by Crippen LogP contribution is -2.44. The van der Waals surface area contributed by atoms with Crippen LogP contribution < -0.4 is 10.6 Å². The molecule has 32 heavy (non-hydrogen) atoms. The smallest absolute Gasteiger partial charge is 0.339 e. The molecule has 3 aromatic rings. The normalized spacial score (nSPS) is 12.1. The maximum absolute atomic E-state index is 13.0. The molecule has 10 nitrogen and oxygen atoms in total. The minimum Gasteiger partial charge on any atom is -0.466 e. The quantitative estimate of drug-likeness (QED) is 0.562. The summed E-state index contributed by atoms with van der Waals surface area (Å²) in [5.41, 5.74) is 2.01. The number of ether oxygens (including phenoxy) is 1. The lowest BCUT2D eigenvalue weighted by molar-refractivity contribution is -0.127. The summed E-state index contributed by atoms with van der Waals surface area (Å²) >= 11 is 0. The SMILES string of the molecule is CCNC(=O)NC(=O)C(C)OC(=O)c1cc(-c2cc(C)oc2C)nc2c1cnn2C(C)C. The van der Waals surface area contributed by atoms with Gasteiger partial charge in [-0.05, 0) is 53.7 Å². The van der Waals surface area contributed by atoms with E-state index in [0.717, 1.165) is 11.3 Å². The summed E-state index contributed by atoms with van der Waals surface area (Å²) < 4.78 is 12.7. The molecule has 3 heterocycles. The van der Waals surface area contributed by atoms with Gasteiger partial charge in [0.25, 0.3) is 5.91 Å². The first-order valence-corrected chi connectivity index (χ1v) is 10.4. The summed E-state index contributed by atoms with van der Waals surface area (Å²) in [6.45, 7) is 11.0. The number of fused-ring (bicyclic) bond motifs is 1. The number of hydrogen-bond donors (Lipinski definition) is 2. The van der Waals surface area contributed by atoms with E-state index >= 15 is 0 Å². The number of amides is 3. The van der Waals surface area contributed by atoms with Crippen LogP contribution in [0.5, 0.6) is 0 Å². The number of nitrogens with one attached hydrogen (secondary N) is 2. The summed E-state index contributed by atoms with van der Waals surface area (Å²) in [7, 11) is 0. The minimum atomic E-state index is -1.19. The first-order chi connectivity index (χ1) is 15.1. The van der Waals surface area contributed by atoms with Gasteiger partial charge in [-0.15, -0.1) is 0 Å². The van der Waals surface area contributed by atoms with Crippen LogP contribution >= 0.6 is 0 Å².